The van der Waals surface area contributed by atoms with Gasteiger partial charge < -0.3 is 5.32 Å². The Kier molecular flexibility index (Phi) is 5.39. The highest BCUT2D eigenvalue weighted by atomic mass is 15.2. The highest BCUT2D eigenvalue weighted by molar-refractivity contribution is 4.92. The smallest absolute Gasteiger partial charge is 0.0223 e. The molecule has 0 heterocycles. The molecule has 1 atom stereocenters. The van der Waals surface area contributed by atoms with Crippen molar-refractivity contribution < 1.29 is 0 Å². The fourth-order valence-electron chi connectivity index (χ4n) is 3.94. The first kappa shape index (κ1) is 14.8. The zero-order chi connectivity index (χ0) is 13.8. The van der Waals surface area contributed by atoms with Gasteiger partial charge in [-0.2, -0.15) is 0 Å². The van der Waals surface area contributed by atoms with Crippen LogP contribution in [0.1, 0.15) is 71.1 Å². The summed E-state index contributed by atoms with van der Waals surface area (Å²) < 4.78 is 0. The van der Waals surface area contributed by atoms with E-state index in [4.69, 9.17) is 0 Å². The van der Waals surface area contributed by atoms with Gasteiger partial charge in [0.15, 0.2) is 0 Å². The molecule has 116 valence electrons. The lowest BCUT2D eigenvalue weighted by Gasteiger charge is -2.35. The van der Waals surface area contributed by atoms with Crippen molar-refractivity contribution in [2.24, 2.45) is 11.8 Å². The fourth-order valence-corrected chi connectivity index (χ4v) is 3.94. The topological polar surface area (TPSA) is 15.3 Å². The van der Waals surface area contributed by atoms with Gasteiger partial charge in [-0.3, -0.25) is 4.90 Å². The van der Waals surface area contributed by atoms with E-state index in [0.717, 1.165) is 23.9 Å². The van der Waals surface area contributed by atoms with E-state index in [9.17, 15) is 0 Å². The van der Waals surface area contributed by atoms with Gasteiger partial charge in [0.1, 0.15) is 0 Å². The summed E-state index contributed by atoms with van der Waals surface area (Å²) >= 11 is 0. The Morgan fingerprint density at radius 1 is 1.00 bits per heavy atom. The van der Waals surface area contributed by atoms with E-state index in [-0.39, 0.29) is 0 Å². The summed E-state index contributed by atoms with van der Waals surface area (Å²) in [5, 5.41) is 3.90. The van der Waals surface area contributed by atoms with Crippen molar-refractivity contribution in [1.82, 2.24) is 10.2 Å². The summed E-state index contributed by atoms with van der Waals surface area (Å²) in [6.07, 6.45) is 14.6. The molecule has 3 saturated carbocycles. The van der Waals surface area contributed by atoms with E-state index in [2.05, 4.69) is 17.1 Å². The SMILES string of the molecule is CCCNC(CN(CC1CC1)C1CC1)C1CCCCC1. The predicted molar refractivity (Wildman–Crippen MR) is 86.0 cm³/mol. The Labute approximate surface area is 125 Å². The van der Waals surface area contributed by atoms with Gasteiger partial charge in [-0.05, 0) is 63.3 Å². The van der Waals surface area contributed by atoms with E-state index in [1.807, 2.05) is 0 Å². The van der Waals surface area contributed by atoms with Crippen LogP contribution in [0.25, 0.3) is 0 Å². The molecule has 3 rings (SSSR count). The lowest BCUT2D eigenvalue weighted by atomic mass is 9.83. The average molecular weight is 278 g/mol. The summed E-state index contributed by atoms with van der Waals surface area (Å²) in [6, 6.07) is 1.72. The third kappa shape index (κ3) is 4.46. The molecule has 0 bridgehead atoms. The van der Waals surface area contributed by atoms with Gasteiger partial charge in [-0.1, -0.05) is 26.2 Å². The zero-order valence-electron chi connectivity index (χ0n) is 13.4. The minimum atomic E-state index is 0.773. The van der Waals surface area contributed by atoms with Crippen molar-refractivity contribution in [3.8, 4) is 0 Å². The Balaban J connectivity index is 1.54. The van der Waals surface area contributed by atoms with Crippen LogP contribution < -0.4 is 5.32 Å². The van der Waals surface area contributed by atoms with Gasteiger partial charge >= 0.3 is 0 Å². The molecule has 2 heteroatoms. The molecular weight excluding hydrogens is 244 g/mol. The van der Waals surface area contributed by atoms with Crippen molar-refractivity contribution in [2.45, 2.75) is 83.2 Å². The van der Waals surface area contributed by atoms with Gasteiger partial charge in [0, 0.05) is 25.2 Å². The van der Waals surface area contributed by atoms with Crippen LogP contribution in [-0.2, 0) is 0 Å². The van der Waals surface area contributed by atoms with Gasteiger partial charge in [0.25, 0.3) is 0 Å². The fraction of sp³-hybridized carbons (Fsp3) is 1.00. The normalized spacial score (nSPS) is 26.1. The summed E-state index contributed by atoms with van der Waals surface area (Å²) in [4.78, 5) is 2.86. The van der Waals surface area contributed by atoms with Crippen LogP contribution in [0.5, 0.6) is 0 Å². The van der Waals surface area contributed by atoms with E-state index in [0.29, 0.717) is 0 Å². The molecule has 0 aromatic heterocycles. The number of hydrogen-bond acceptors (Lipinski definition) is 2. The van der Waals surface area contributed by atoms with Crippen LogP contribution in [0.4, 0.5) is 0 Å². The molecule has 20 heavy (non-hydrogen) atoms. The first-order chi connectivity index (χ1) is 9.86. The third-order valence-corrected chi connectivity index (χ3v) is 5.56. The Morgan fingerprint density at radius 3 is 2.35 bits per heavy atom. The Bertz CT molecular complexity index is 277. The summed E-state index contributed by atoms with van der Waals surface area (Å²) in [7, 11) is 0. The first-order valence-corrected chi connectivity index (χ1v) is 9.34. The molecular formula is C18H34N2. The van der Waals surface area contributed by atoms with Gasteiger partial charge in [-0.15, -0.1) is 0 Å². The molecule has 3 aliphatic rings. The molecule has 2 nitrogen and oxygen atoms in total. The van der Waals surface area contributed by atoms with Crippen LogP contribution in [0.3, 0.4) is 0 Å². The van der Waals surface area contributed by atoms with Gasteiger partial charge in [0.05, 0.1) is 0 Å². The standard InChI is InChI=1S/C18H34N2/c1-2-12-19-18(16-6-4-3-5-7-16)14-20(17-10-11-17)13-15-8-9-15/h15-19H,2-14H2,1H3. The molecule has 0 saturated heterocycles. The van der Waals surface area contributed by atoms with Gasteiger partial charge in [0.2, 0.25) is 0 Å². The van der Waals surface area contributed by atoms with E-state index < -0.39 is 0 Å². The van der Waals surface area contributed by atoms with Crippen molar-refractivity contribution in [1.29, 1.82) is 0 Å². The van der Waals surface area contributed by atoms with Crippen molar-refractivity contribution in [3.05, 3.63) is 0 Å². The number of nitrogens with zero attached hydrogens (tertiary/aromatic N) is 1. The molecule has 1 unspecified atom stereocenters. The number of rotatable bonds is 9. The maximum Gasteiger partial charge on any atom is 0.0223 e. The van der Waals surface area contributed by atoms with E-state index in [1.54, 1.807) is 0 Å². The van der Waals surface area contributed by atoms with Crippen LogP contribution in [-0.4, -0.2) is 36.6 Å². The minimum absolute atomic E-state index is 0.773. The second-order valence-corrected chi connectivity index (χ2v) is 7.59. The molecule has 0 aromatic rings. The third-order valence-electron chi connectivity index (χ3n) is 5.56. The lowest BCUT2D eigenvalue weighted by molar-refractivity contribution is 0.172. The highest BCUT2D eigenvalue weighted by Crippen LogP contribution is 2.36. The monoisotopic (exact) mass is 278 g/mol. The van der Waals surface area contributed by atoms with Crippen LogP contribution in [0, 0.1) is 11.8 Å². The predicted octanol–water partition coefficient (Wildman–Crippen LogP) is 3.81. The maximum absolute atomic E-state index is 3.90. The Hall–Kier alpha value is -0.0800. The van der Waals surface area contributed by atoms with E-state index in [1.165, 1.54) is 83.8 Å². The number of hydrogen-bond donors (Lipinski definition) is 1. The molecule has 3 aliphatic carbocycles. The molecule has 1 N–H and O–H groups in total. The largest absolute Gasteiger partial charge is 0.312 e. The molecule has 0 radical (unpaired) electrons. The molecule has 0 aromatic carbocycles. The van der Waals surface area contributed by atoms with E-state index >= 15 is 0 Å². The minimum Gasteiger partial charge on any atom is -0.312 e. The summed E-state index contributed by atoms with van der Waals surface area (Å²) in [5.41, 5.74) is 0. The molecule has 0 aliphatic heterocycles. The van der Waals surface area contributed by atoms with Crippen molar-refractivity contribution in [3.63, 3.8) is 0 Å². The first-order valence-electron chi connectivity index (χ1n) is 9.34. The zero-order valence-corrected chi connectivity index (χ0v) is 13.4. The average Bonchev–Trinajstić information content (AvgIpc) is 3.36. The van der Waals surface area contributed by atoms with Crippen LogP contribution in [0.15, 0.2) is 0 Å². The second kappa shape index (κ2) is 7.26. The maximum atomic E-state index is 3.90. The lowest BCUT2D eigenvalue weighted by Crippen LogP contribution is -2.47. The van der Waals surface area contributed by atoms with Crippen molar-refractivity contribution >= 4 is 0 Å². The number of nitrogens with one attached hydrogen (secondary N) is 1. The highest BCUT2D eigenvalue weighted by Gasteiger charge is 2.36. The summed E-state index contributed by atoms with van der Waals surface area (Å²) in [6.45, 7) is 6.25. The molecule has 3 fully saturated rings. The Morgan fingerprint density at radius 2 is 1.75 bits per heavy atom. The van der Waals surface area contributed by atoms with Crippen LogP contribution >= 0.6 is 0 Å². The molecule has 0 spiro atoms. The van der Waals surface area contributed by atoms with Gasteiger partial charge in [-0.25, -0.2) is 0 Å². The van der Waals surface area contributed by atoms with Crippen molar-refractivity contribution in [2.75, 3.05) is 19.6 Å². The second-order valence-electron chi connectivity index (χ2n) is 7.59. The summed E-state index contributed by atoms with van der Waals surface area (Å²) in [5.74, 6) is 2.00. The molecule has 0 amide bonds. The van der Waals surface area contributed by atoms with Crippen LogP contribution in [0.2, 0.25) is 0 Å². The quantitative estimate of drug-likeness (QED) is 0.690.